The molecule has 10 heteroatoms. The van der Waals surface area contributed by atoms with Crippen molar-refractivity contribution in [3.05, 3.63) is 35.9 Å². The number of aliphatic imine (C=N–C) groups is 1. The summed E-state index contributed by atoms with van der Waals surface area (Å²) < 4.78 is 5.96. The highest BCUT2D eigenvalue weighted by Gasteiger charge is 2.51. The molecule has 10 nitrogen and oxygen atoms in total. The standard InChI is InChI=1S/C17H27N7O3/c18-14(9-4-2-1-3-5-9)20-6-10-12(25)13(26)17(27-10)24-8-23-11-15(19)21-7-22-16(11)24/h1-5,10-13,15-17,21-23,25-26H,6-8,19H2,(H2,18,20)/t10-,11?,12-,13-,15?,16?,17-/m1/s1. The fourth-order valence-electron chi connectivity index (χ4n) is 3.89. The summed E-state index contributed by atoms with van der Waals surface area (Å²) >= 11 is 0. The van der Waals surface area contributed by atoms with Crippen LogP contribution >= 0.6 is 0 Å². The van der Waals surface area contributed by atoms with Crippen LogP contribution in [-0.2, 0) is 4.74 Å². The van der Waals surface area contributed by atoms with Crippen molar-refractivity contribution < 1.29 is 14.9 Å². The number of aliphatic hydroxyl groups is 2. The predicted molar refractivity (Wildman–Crippen MR) is 99.2 cm³/mol. The molecular weight excluding hydrogens is 350 g/mol. The minimum atomic E-state index is -1.04. The predicted octanol–water partition coefficient (Wildman–Crippen LogP) is -3.17. The molecule has 0 spiro atoms. The zero-order valence-corrected chi connectivity index (χ0v) is 14.9. The van der Waals surface area contributed by atoms with Crippen LogP contribution in [0.25, 0.3) is 0 Å². The van der Waals surface area contributed by atoms with Gasteiger partial charge >= 0.3 is 0 Å². The molecule has 1 aromatic rings. The van der Waals surface area contributed by atoms with Crippen LogP contribution in [0.4, 0.5) is 0 Å². The average Bonchev–Trinajstić information content (AvgIpc) is 3.23. The third-order valence-corrected chi connectivity index (χ3v) is 5.42. The number of hydrogen-bond acceptors (Lipinski definition) is 9. The summed E-state index contributed by atoms with van der Waals surface area (Å²) in [5.41, 5.74) is 12.9. The number of ether oxygens (including phenoxy) is 1. The van der Waals surface area contributed by atoms with E-state index in [1.54, 1.807) is 0 Å². The molecule has 0 radical (unpaired) electrons. The number of nitrogens with one attached hydrogen (secondary N) is 3. The van der Waals surface area contributed by atoms with E-state index in [4.69, 9.17) is 16.2 Å². The number of benzene rings is 1. The maximum atomic E-state index is 10.5. The molecule has 3 aliphatic rings. The topological polar surface area (TPSA) is 153 Å². The van der Waals surface area contributed by atoms with Gasteiger partial charge in [0.2, 0.25) is 0 Å². The lowest BCUT2D eigenvalue weighted by Crippen LogP contribution is -2.68. The molecule has 3 unspecified atom stereocenters. The summed E-state index contributed by atoms with van der Waals surface area (Å²) in [6, 6.07) is 9.38. The summed E-state index contributed by atoms with van der Waals surface area (Å²) in [6.45, 7) is 1.22. The number of aliphatic hydroxyl groups excluding tert-OH is 2. The maximum absolute atomic E-state index is 10.5. The normalized spacial score (nSPS) is 40.3. The minimum absolute atomic E-state index is 0.0162. The second kappa shape index (κ2) is 7.78. The molecule has 0 amide bonds. The number of amidine groups is 1. The van der Waals surface area contributed by atoms with Crippen molar-refractivity contribution in [1.29, 1.82) is 0 Å². The van der Waals surface area contributed by atoms with E-state index in [-0.39, 0.29) is 24.9 Å². The van der Waals surface area contributed by atoms with Gasteiger partial charge in [-0.15, -0.1) is 0 Å². The van der Waals surface area contributed by atoms with E-state index in [0.29, 0.717) is 19.2 Å². The Hall–Kier alpha value is -1.63. The van der Waals surface area contributed by atoms with Gasteiger partial charge in [0.15, 0.2) is 0 Å². The fourth-order valence-corrected chi connectivity index (χ4v) is 3.89. The van der Waals surface area contributed by atoms with Crippen molar-refractivity contribution >= 4 is 5.84 Å². The van der Waals surface area contributed by atoms with Crippen LogP contribution in [0.3, 0.4) is 0 Å². The first-order valence-corrected chi connectivity index (χ1v) is 9.14. The summed E-state index contributed by atoms with van der Waals surface area (Å²) in [5, 5.41) is 30.7. The lowest BCUT2D eigenvalue weighted by Gasteiger charge is -2.38. The Morgan fingerprint density at radius 3 is 2.74 bits per heavy atom. The summed E-state index contributed by atoms with van der Waals surface area (Å²) in [5.74, 6) is 0.373. The van der Waals surface area contributed by atoms with Gasteiger partial charge in [0.1, 0.15) is 30.4 Å². The van der Waals surface area contributed by atoms with Crippen LogP contribution in [0.1, 0.15) is 5.56 Å². The van der Waals surface area contributed by atoms with Crippen LogP contribution in [0.15, 0.2) is 35.3 Å². The highest BCUT2D eigenvalue weighted by molar-refractivity contribution is 5.97. The number of nitrogens with zero attached hydrogens (tertiary/aromatic N) is 2. The van der Waals surface area contributed by atoms with Gasteiger partial charge in [0.05, 0.1) is 31.6 Å². The molecule has 9 N–H and O–H groups in total. The van der Waals surface area contributed by atoms with Gasteiger partial charge in [-0.05, 0) is 0 Å². The Balaban J connectivity index is 1.42. The lowest BCUT2D eigenvalue weighted by molar-refractivity contribution is -0.101. The molecular formula is C17H27N7O3. The van der Waals surface area contributed by atoms with Gasteiger partial charge in [-0.1, -0.05) is 30.3 Å². The second-order valence-corrected chi connectivity index (χ2v) is 7.10. The minimum Gasteiger partial charge on any atom is -0.387 e. The highest BCUT2D eigenvalue weighted by atomic mass is 16.6. The number of fused-ring (bicyclic) bond motifs is 1. The lowest BCUT2D eigenvalue weighted by atomic mass is 10.1. The molecule has 3 saturated heterocycles. The Morgan fingerprint density at radius 2 is 1.96 bits per heavy atom. The van der Waals surface area contributed by atoms with Crippen molar-refractivity contribution in [2.24, 2.45) is 16.5 Å². The largest absolute Gasteiger partial charge is 0.387 e. The molecule has 7 atom stereocenters. The van der Waals surface area contributed by atoms with E-state index >= 15 is 0 Å². The van der Waals surface area contributed by atoms with Gasteiger partial charge in [-0.2, -0.15) is 0 Å². The number of nitrogens with two attached hydrogens (primary N) is 2. The van der Waals surface area contributed by atoms with Crippen LogP contribution in [0.5, 0.6) is 0 Å². The first kappa shape index (κ1) is 18.7. The van der Waals surface area contributed by atoms with Gasteiger partial charge in [0.25, 0.3) is 0 Å². The quantitative estimate of drug-likeness (QED) is 0.213. The zero-order valence-electron chi connectivity index (χ0n) is 14.9. The molecule has 0 bridgehead atoms. The monoisotopic (exact) mass is 377 g/mol. The van der Waals surface area contributed by atoms with Crippen LogP contribution in [0, 0.1) is 0 Å². The van der Waals surface area contributed by atoms with E-state index in [0.717, 1.165) is 5.56 Å². The van der Waals surface area contributed by atoms with E-state index in [9.17, 15) is 10.2 Å². The van der Waals surface area contributed by atoms with Gasteiger partial charge < -0.3 is 26.4 Å². The van der Waals surface area contributed by atoms with E-state index < -0.39 is 24.5 Å². The van der Waals surface area contributed by atoms with Crippen molar-refractivity contribution in [3.63, 3.8) is 0 Å². The van der Waals surface area contributed by atoms with Crippen molar-refractivity contribution in [2.75, 3.05) is 19.9 Å². The average molecular weight is 377 g/mol. The Kier molecular flexibility index (Phi) is 5.39. The summed E-state index contributed by atoms with van der Waals surface area (Å²) in [4.78, 5) is 6.28. The molecule has 4 rings (SSSR count). The molecule has 3 heterocycles. The van der Waals surface area contributed by atoms with Gasteiger partial charge in [-0.3, -0.25) is 20.9 Å². The zero-order chi connectivity index (χ0) is 19.0. The smallest absolute Gasteiger partial charge is 0.142 e. The summed E-state index contributed by atoms with van der Waals surface area (Å²) in [7, 11) is 0. The van der Waals surface area contributed by atoms with Crippen LogP contribution < -0.4 is 27.4 Å². The van der Waals surface area contributed by atoms with Crippen LogP contribution in [-0.4, -0.2) is 83.7 Å². The van der Waals surface area contributed by atoms with E-state index in [2.05, 4.69) is 20.9 Å². The molecule has 3 fully saturated rings. The highest BCUT2D eigenvalue weighted by Crippen LogP contribution is 2.28. The van der Waals surface area contributed by atoms with Crippen molar-refractivity contribution in [2.45, 2.75) is 42.9 Å². The third-order valence-electron chi connectivity index (χ3n) is 5.42. The molecule has 1 aromatic carbocycles. The third kappa shape index (κ3) is 3.58. The Labute approximate surface area is 157 Å². The van der Waals surface area contributed by atoms with Crippen LogP contribution in [0.2, 0.25) is 0 Å². The van der Waals surface area contributed by atoms with Crippen molar-refractivity contribution in [3.8, 4) is 0 Å². The Bertz CT molecular complexity index is 676. The number of hydrogen-bond donors (Lipinski definition) is 7. The molecule has 27 heavy (non-hydrogen) atoms. The van der Waals surface area contributed by atoms with E-state index in [1.165, 1.54) is 0 Å². The maximum Gasteiger partial charge on any atom is 0.142 e. The SMILES string of the molecule is NC(=NC[C@H]1O[C@@H](N2CNC3C(N)NCNC32)[C@H](O)[C@@H]1O)c1ccccc1. The second-order valence-electron chi connectivity index (χ2n) is 7.10. The first-order chi connectivity index (χ1) is 13.1. The van der Waals surface area contributed by atoms with E-state index in [1.807, 2.05) is 35.2 Å². The molecule has 0 aromatic heterocycles. The van der Waals surface area contributed by atoms with Gasteiger partial charge in [-0.25, -0.2) is 4.90 Å². The summed E-state index contributed by atoms with van der Waals surface area (Å²) in [6.07, 6.45) is -3.67. The molecule has 0 aliphatic carbocycles. The van der Waals surface area contributed by atoms with Gasteiger partial charge in [0, 0.05) is 12.2 Å². The molecule has 148 valence electrons. The molecule has 0 saturated carbocycles. The van der Waals surface area contributed by atoms with Crippen molar-refractivity contribution in [1.82, 2.24) is 20.9 Å². The molecule has 3 aliphatic heterocycles. The fraction of sp³-hybridized carbons (Fsp3) is 0.588. The number of rotatable bonds is 4. The Morgan fingerprint density at radius 1 is 1.19 bits per heavy atom. The first-order valence-electron chi connectivity index (χ1n) is 9.14.